The Kier molecular flexibility index (Phi) is 4.86. The Morgan fingerprint density at radius 3 is 2.45 bits per heavy atom. The summed E-state index contributed by atoms with van der Waals surface area (Å²) in [5.74, 6) is -0.0515. The van der Waals surface area contributed by atoms with E-state index in [1.165, 1.54) is 7.11 Å². The molecular weight excluding hydrogens is 144 g/mol. The van der Waals surface area contributed by atoms with E-state index in [1.54, 1.807) is 0 Å². The fraction of sp³-hybridized carbons (Fsp3) is 0.875. The topological polar surface area (TPSA) is 46.5 Å². The van der Waals surface area contributed by atoms with Gasteiger partial charge in [0.2, 0.25) is 0 Å². The monoisotopic (exact) mass is 160 g/mol. The van der Waals surface area contributed by atoms with Gasteiger partial charge >= 0.3 is 5.97 Å². The van der Waals surface area contributed by atoms with Crippen molar-refractivity contribution < 1.29 is 14.6 Å². The van der Waals surface area contributed by atoms with E-state index in [-0.39, 0.29) is 11.9 Å². The van der Waals surface area contributed by atoms with Crippen LogP contribution in [0.25, 0.3) is 0 Å². The van der Waals surface area contributed by atoms with Crippen molar-refractivity contribution in [2.45, 2.75) is 32.8 Å². The van der Waals surface area contributed by atoms with Gasteiger partial charge in [0.05, 0.1) is 13.2 Å². The predicted molar refractivity (Wildman–Crippen MR) is 42.1 cm³/mol. The van der Waals surface area contributed by atoms with Gasteiger partial charge in [0.25, 0.3) is 0 Å². The fourth-order valence-corrected chi connectivity index (χ4v) is 0.701. The smallest absolute Gasteiger partial charge is 0.305 e. The number of aliphatic hydroxyl groups is 1. The minimum absolute atomic E-state index is 0.208. The molecule has 11 heavy (non-hydrogen) atoms. The molecule has 0 bridgehead atoms. The Labute approximate surface area is 67.4 Å². The summed E-state index contributed by atoms with van der Waals surface area (Å²) in [6.07, 6.45) is 0.397. The maximum Gasteiger partial charge on any atom is 0.305 e. The van der Waals surface area contributed by atoms with Crippen LogP contribution in [0.1, 0.15) is 26.7 Å². The van der Waals surface area contributed by atoms with Crippen molar-refractivity contribution in [3.63, 3.8) is 0 Å². The molecule has 0 aliphatic rings. The normalized spacial score (nSPS) is 13.2. The molecule has 0 amide bonds. The predicted octanol–water partition coefficient (Wildman–Crippen LogP) is 0.956. The van der Waals surface area contributed by atoms with E-state index in [4.69, 9.17) is 0 Å². The van der Waals surface area contributed by atoms with Crippen LogP contribution >= 0.6 is 0 Å². The molecule has 0 spiro atoms. The second-order valence-corrected chi connectivity index (χ2v) is 2.93. The summed E-state index contributed by atoms with van der Waals surface area (Å²) < 4.78 is 4.43. The second kappa shape index (κ2) is 5.13. The van der Waals surface area contributed by atoms with Crippen LogP contribution in [-0.4, -0.2) is 24.3 Å². The molecule has 0 aromatic carbocycles. The number of esters is 1. The average molecular weight is 160 g/mol. The van der Waals surface area contributed by atoms with Crippen LogP contribution in [0.4, 0.5) is 0 Å². The summed E-state index contributed by atoms with van der Waals surface area (Å²) in [7, 11) is 1.35. The molecule has 0 aromatic rings. The van der Waals surface area contributed by atoms with Gasteiger partial charge in [0.1, 0.15) is 0 Å². The number of ether oxygens (including phenoxy) is 1. The molecular formula is C8H16O3. The summed E-state index contributed by atoms with van der Waals surface area (Å²) in [4.78, 5) is 10.6. The first-order valence-electron chi connectivity index (χ1n) is 3.82. The molecule has 0 heterocycles. The van der Waals surface area contributed by atoms with Gasteiger partial charge in [0, 0.05) is 6.42 Å². The van der Waals surface area contributed by atoms with E-state index in [2.05, 4.69) is 4.74 Å². The number of hydrogen-bond donors (Lipinski definition) is 1. The van der Waals surface area contributed by atoms with Gasteiger partial charge in [0.15, 0.2) is 0 Å². The third-order valence-electron chi connectivity index (χ3n) is 1.64. The molecule has 1 atom stereocenters. The van der Waals surface area contributed by atoms with Gasteiger partial charge in [-0.2, -0.15) is 0 Å². The minimum atomic E-state index is -0.394. The number of hydrogen-bond acceptors (Lipinski definition) is 3. The minimum Gasteiger partial charge on any atom is -0.469 e. The van der Waals surface area contributed by atoms with Gasteiger partial charge in [-0.15, -0.1) is 0 Å². The summed E-state index contributed by atoms with van der Waals surface area (Å²) in [5, 5.41) is 9.26. The van der Waals surface area contributed by atoms with E-state index in [9.17, 15) is 9.90 Å². The third-order valence-corrected chi connectivity index (χ3v) is 1.64. The lowest BCUT2D eigenvalue weighted by Crippen LogP contribution is -2.16. The average Bonchev–Trinajstić information content (AvgIpc) is 1.99. The molecule has 0 radical (unpaired) electrons. The highest BCUT2D eigenvalue weighted by molar-refractivity contribution is 5.69. The van der Waals surface area contributed by atoms with E-state index in [0.29, 0.717) is 12.8 Å². The van der Waals surface area contributed by atoms with E-state index >= 15 is 0 Å². The van der Waals surface area contributed by atoms with Crippen molar-refractivity contribution in [2.75, 3.05) is 7.11 Å². The Bertz CT molecular complexity index is 121. The molecule has 0 saturated heterocycles. The van der Waals surface area contributed by atoms with Gasteiger partial charge in [-0.3, -0.25) is 4.79 Å². The number of rotatable bonds is 4. The zero-order valence-electron chi connectivity index (χ0n) is 7.33. The highest BCUT2D eigenvalue weighted by Crippen LogP contribution is 2.07. The molecule has 0 rings (SSSR count). The number of aliphatic hydroxyl groups excluding tert-OH is 1. The third kappa shape index (κ3) is 4.79. The lowest BCUT2D eigenvalue weighted by atomic mass is 10.0. The Balaban J connectivity index is 3.45. The van der Waals surface area contributed by atoms with Crippen molar-refractivity contribution in [1.82, 2.24) is 0 Å². The van der Waals surface area contributed by atoms with Crippen LogP contribution in [-0.2, 0) is 9.53 Å². The van der Waals surface area contributed by atoms with Crippen LogP contribution in [0.5, 0.6) is 0 Å². The first-order chi connectivity index (χ1) is 5.07. The SMILES string of the molecule is COC(=O)CC[C@@H](O)C(C)C. The lowest BCUT2D eigenvalue weighted by molar-refractivity contribution is -0.141. The highest BCUT2D eigenvalue weighted by atomic mass is 16.5. The van der Waals surface area contributed by atoms with Crippen LogP contribution < -0.4 is 0 Å². The second-order valence-electron chi connectivity index (χ2n) is 2.93. The molecule has 0 saturated carbocycles. The molecule has 66 valence electrons. The Hall–Kier alpha value is -0.570. The van der Waals surface area contributed by atoms with Crippen molar-refractivity contribution >= 4 is 5.97 Å². The van der Waals surface area contributed by atoms with E-state index < -0.39 is 6.10 Å². The Morgan fingerprint density at radius 1 is 1.55 bits per heavy atom. The molecule has 0 fully saturated rings. The molecule has 3 nitrogen and oxygen atoms in total. The molecule has 0 unspecified atom stereocenters. The summed E-state index contributed by atoms with van der Waals surface area (Å²) in [6, 6.07) is 0. The molecule has 0 aromatic heterocycles. The van der Waals surface area contributed by atoms with Gasteiger partial charge in [-0.25, -0.2) is 0 Å². The van der Waals surface area contributed by atoms with E-state index in [0.717, 1.165) is 0 Å². The molecule has 1 N–H and O–H groups in total. The zero-order valence-corrected chi connectivity index (χ0v) is 7.33. The molecule has 0 aliphatic heterocycles. The number of carbonyl (C=O) groups is 1. The van der Waals surface area contributed by atoms with Gasteiger partial charge in [-0.1, -0.05) is 13.8 Å². The maximum absolute atomic E-state index is 10.6. The van der Waals surface area contributed by atoms with Crippen LogP contribution in [0, 0.1) is 5.92 Å². The van der Waals surface area contributed by atoms with Crippen LogP contribution in [0.15, 0.2) is 0 Å². The molecule has 3 heteroatoms. The zero-order chi connectivity index (χ0) is 8.85. The standard InChI is InChI=1S/C8H16O3/c1-6(2)7(9)4-5-8(10)11-3/h6-7,9H,4-5H2,1-3H3/t7-/m1/s1. The summed E-state index contributed by atoms with van der Waals surface area (Å²) >= 11 is 0. The maximum atomic E-state index is 10.6. The first kappa shape index (κ1) is 10.4. The van der Waals surface area contributed by atoms with Crippen molar-refractivity contribution in [1.29, 1.82) is 0 Å². The first-order valence-corrected chi connectivity index (χ1v) is 3.82. The summed E-state index contributed by atoms with van der Waals surface area (Å²) in [5.41, 5.74) is 0. The number of methoxy groups -OCH3 is 1. The van der Waals surface area contributed by atoms with Crippen molar-refractivity contribution in [2.24, 2.45) is 5.92 Å². The van der Waals surface area contributed by atoms with Gasteiger partial charge < -0.3 is 9.84 Å². The van der Waals surface area contributed by atoms with Crippen LogP contribution in [0.2, 0.25) is 0 Å². The van der Waals surface area contributed by atoms with Gasteiger partial charge in [-0.05, 0) is 12.3 Å². The lowest BCUT2D eigenvalue weighted by Gasteiger charge is -2.12. The van der Waals surface area contributed by atoms with Crippen LogP contribution in [0.3, 0.4) is 0 Å². The number of carbonyl (C=O) groups excluding carboxylic acids is 1. The Morgan fingerprint density at radius 2 is 2.09 bits per heavy atom. The summed E-state index contributed by atoms with van der Waals surface area (Å²) in [6.45, 7) is 3.84. The van der Waals surface area contributed by atoms with E-state index in [1.807, 2.05) is 13.8 Å². The fourth-order valence-electron chi connectivity index (χ4n) is 0.701. The van der Waals surface area contributed by atoms with Crippen molar-refractivity contribution in [3.05, 3.63) is 0 Å². The highest BCUT2D eigenvalue weighted by Gasteiger charge is 2.11. The quantitative estimate of drug-likeness (QED) is 0.623. The molecule has 0 aliphatic carbocycles. The van der Waals surface area contributed by atoms with Crippen molar-refractivity contribution in [3.8, 4) is 0 Å². The largest absolute Gasteiger partial charge is 0.469 e.